The number of hydrogen-bond acceptors (Lipinski definition) is 6. The molecule has 0 bridgehead atoms. The molecule has 1 unspecified atom stereocenters. The highest BCUT2D eigenvalue weighted by Crippen LogP contribution is 2.23. The monoisotopic (exact) mass is 501 g/mol. The van der Waals surface area contributed by atoms with Gasteiger partial charge in [0.05, 0.1) is 18.4 Å². The first-order valence-corrected chi connectivity index (χ1v) is 12.2. The molecule has 1 fully saturated rings. The summed E-state index contributed by atoms with van der Waals surface area (Å²) in [5, 5.41) is 18.6. The van der Waals surface area contributed by atoms with Gasteiger partial charge in [-0.2, -0.15) is 0 Å². The van der Waals surface area contributed by atoms with Gasteiger partial charge in [0, 0.05) is 31.7 Å². The summed E-state index contributed by atoms with van der Waals surface area (Å²) in [4.78, 5) is 51.9. The second-order valence-electron chi connectivity index (χ2n) is 9.11. The number of piperidine rings is 1. The van der Waals surface area contributed by atoms with Crippen molar-refractivity contribution in [1.29, 1.82) is 5.41 Å². The Balaban J connectivity index is 1.69. The van der Waals surface area contributed by atoms with Crippen LogP contribution in [0.2, 0.25) is 0 Å². The van der Waals surface area contributed by atoms with Crippen LogP contribution in [0, 0.1) is 11.3 Å². The standard InChI is InChI=1S/C24H35N7O5/c1-36-24(35)28-16-7-8-17-19(13-16)29-20(32)6-4-2-3-5-18(30-21(17)33)22(34)27-14-15-9-11-31(12-10-15)23(25)26/h7-8,13,15,18H,2-6,9-12,14H2,1H3,(H3,25,26)(H,27,34)(H,28,35)(H,29,32)(H,30,33). The lowest BCUT2D eigenvalue weighted by Crippen LogP contribution is -2.49. The van der Waals surface area contributed by atoms with E-state index in [-0.39, 0.29) is 41.4 Å². The van der Waals surface area contributed by atoms with Crippen LogP contribution in [0.5, 0.6) is 0 Å². The molecule has 12 heteroatoms. The van der Waals surface area contributed by atoms with Crippen molar-refractivity contribution >= 4 is 41.1 Å². The molecule has 0 saturated carbocycles. The van der Waals surface area contributed by atoms with E-state index < -0.39 is 18.0 Å². The number of amides is 4. The fraction of sp³-hybridized carbons (Fsp3) is 0.542. The normalized spacial score (nSPS) is 19.5. The zero-order valence-electron chi connectivity index (χ0n) is 20.5. The molecule has 1 saturated heterocycles. The second-order valence-corrected chi connectivity index (χ2v) is 9.11. The van der Waals surface area contributed by atoms with Gasteiger partial charge in [0.1, 0.15) is 6.04 Å². The Morgan fingerprint density at radius 1 is 1.17 bits per heavy atom. The molecule has 1 atom stereocenters. The maximum atomic E-state index is 13.1. The lowest BCUT2D eigenvalue weighted by molar-refractivity contribution is -0.123. The van der Waals surface area contributed by atoms with Crippen molar-refractivity contribution in [2.75, 3.05) is 37.4 Å². The number of methoxy groups -OCH3 is 1. The summed E-state index contributed by atoms with van der Waals surface area (Å²) in [5.41, 5.74) is 6.33. The highest BCUT2D eigenvalue weighted by molar-refractivity contribution is 6.06. The van der Waals surface area contributed by atoms with Crippen LogP contribution in [0.3, 0.4) is 0 Å². The van der Waals surface area contributed by atoms with E-state index >= 15 is 0 Å². The molecular formula is C24H35N7O5. The van der Waals surface area contributed by atoms with Gasteiger partial charge in [-0.3, -0.25) is 25.1 Å². The Morgan fingerprint density at radius 3 is 2.61 bits per heavy atom. The number of guanidine groups is 1. The summed E-state index contributed by atoms with van der Waals surface area (Å²) in [6.07, 6.45) is 3.80. The second kappa shape index (κ2) is 12.8. The molecule has 36 heavy (non-hydrogen) atoms. The summed E-state index contributed by atoms with van der Waals surface area (Å²) < 4.78 is 4.60. The van der Waals surface area contributed by atoms with Crippen molar-refractivity contribution in [3.63, 3.8) is 0 Å². The van der Waals surface area contributed by atoms with E-state index in [2.05, 4.69) is 26.0 Å². The largest absolute Gasteiger partial charge is 0.453 e. The highest BCUT2D eigenvalue weighted by atomic mass is 16.5. The summed E-state index contributed by atoms with van der Waals surface area (Å²) in [6, 6.07) is 3.78. The van der Waals surface area contributed by atoms with Crippen molar-refractivity contribution < 1.29 is 23.9 Å². The van der Waals surface area contributed by atoms with Crippen molar-refractivity contribution in [3.8, 4) is 0 Å². The van der Waals surface area contributed by atoms with E-state index in [9.17, 15) is 19.2 Å². The van der Waals surface area contributed by atoms with Gasteiger partial charge in [0.25, 0.3) is 5.91 Å². The predicted molar refractivity (Wildman–Crippen MR) is 135 cm³/mol. The lowest BCUT2D eigenvalue weighted by Gasteiger charge is -2.32. The van der Waals surface area contributed by atoms with E-state index in [1.807, 2.05) is 4.90 Å². The van der Waals surface area contributed by atoms with Crippen molar-refractivity contribution in [1.82, 2.24) is 15.5 Å². The number of carbonyl (C=O) groups is 4. The molecule has 0 aromatic heterocycles. The number of ether oxygens (including phenoxy) is 1. The third kappa shape index (κ3) is 7.59. The number of fused-ring (bicyclic) bond motifs is 1. The van der Waals surface area contributed by atoms with Crippen LogP contribution >= 0.6 is 0 Å². The molecule has 196 valence electrons. The highest BCUT2D eigenvalue weighted by Gasteiger charge is 2.26. The molecular weight excluding hydrogens is 466 g/mol. The van der Waals surface area contributed by atoms with Gasteiger partial charge >= 0.3 is 6.09 Å². The van der Waals surface area contributed by atoms with Crippen molar-refractivity contribution in [2.24, 2.45) is 11.7 Å². The Hall–Kier alpha value is -3.83. The van der Waals surface area contributed by atoms with Crippen LogP contribution in [0.4, 0.5) is 16.2 Å². The molecule has 2 heterocycles. The van der Waals surface area contributed by atoms with Crippen LogP contribution in [0.1, 0.15) is 55.3 Å². The van der Waals surface area contributed by atoms with Crippen LogP contribution in [-0.4, -0.2) is 67.5 Å². The third-order valence-corrected chi connectivity index (χ3v) is 6.51. The number of hydrogen-bond donors (Lipinski definition) is 6. The van der Waals surface area contributed by atoms with Gasteiger partial charge in [-0.1, -0.05) is 12.8 Å². The number of likely N-dealkylation sites (tertiary alicyclic amines) is 1. The summed E-state index contributed by atoms with van der Waals surface area (Å²) in [5.74, 6) is -0.624. The molecule has 7 N–H and O–H groups in total. The number of benzene rings is 1. The summed E-state index contributed by atoms with van der Waals surface area (Å²) >= 11 is 0. The first-order chi connectivity index (χ1) is 17.3. The summed E-state index contributed by atoms with van der Waals surface area (Å²) in [6.45, 7) is 1.86. The Kier molecular flexibility index (Phi) is 9.48. The average molecular weight is 502 g/mol. The first-order valence-electron chi connectivity index (χ1n) is 12.2. The first kappa shape index (κ1) is 26.8. The average Bonchev–Trinajstić information content (AvgIpc) is 2.85. The summed E-state index contributed by atoms with van der Waals surface area (Å²) in [7, 11) is 1.23. The van der Waals surface area contributed by atoms with E-state index in [4.69, 9.17) is 11.1 Å². The minimum Gasteiger partial charge on any atom is -0.453 e. The fourth-order valence-corrected chi connectivity index (χ4v) is 4.37. The minimum atomic E-state index is -0.717. The molecule has 0 radical (unpaired) electrons. The molecule has 3 rings (SSSR count). The maximum Gasteiger partial charge on any atom is 0.411 e. The molecule has 2 aliphatic rings. The predicted octanol–water partition coefficient (Wildman–Crippen LogP) is 1.59. The topological polar surface area (TPSA) is 179 Å². The Morgan fingerprint density at radius 2 is 1.92 bits per heavy atom. The van der Waals surface area contributed by atoms with Crippen LogP contribution < -0.4 is 27.0 Å². The van der Waals surface area contributed by atoms with Crippen molar-refractivity contribution in [3.05, 3.63) is 23.8 Å². The van der Waals surface area contributed by atoms with Crippen LogP contribution in [0.15, 0.2) is 18.2 Å². The van der Waals surface area contributed by atoms with Gasteiger partial charge in [-0.25, -0.2) is 4.79 Å². The van der Waals surface area contributed by atoms with E-state index in [0.29, 0.717) is 44.6 Å². The van der Waals surface area contributed by atoms with E-state index in [0.717, 1.165) is 19.3 Å². The zero-order chi connectivity index (χ0) is 26.1. The quantitative estimate of drug-likeness (QED) is 0.268. The Bertz CT molecular complexity index is 991. The molecule has 0 spiro atoms. The number of rotatable bonds is 4. The fourth-order valence-electron chi connectivity index (χ4n) is 4.37. The van der Waals surface area contributed by atoms with E-state index in [1.54, 1.807) is 0 Å². The zero-order valence-corrected chi connectivity index (χ0v) is 20.5. The molecule has 2 aliphatic heterocycles. The Labute approximate surface area is 210 Å². The smallest absolute Gasteiger partial charge is 0.411 e. The molecule has 1 aromatic rings. The number of nitrogens with one attached hydrogen (secondary N) is 5. The molecule has 12 nitrogen and oxygen atoms in total. The van der Waals surface area contributed by atoms with E-state index in [1.165, 1.54) is 25.3 Å². The van der Waals surface area contributed by atoms with Gasteiger partial charge in [0.15, 0.2) is 5.96 Å². The van der Waals surface area contributed by atoms with Crippen molar-refractivity contribution in [2.45, 2.75) is 51.0 Å². The van der Waals surface area contributed by atoms with Crippen LogP contribution in [0.25, 0.3) is 0 Å². The number of nitrogens with zero attached hydrogens (tertiary/aromatic N) is 1. The number of carbonyl (C=O) groups excluding carboxylic acids is 4. The van der Waals surface area contributed by atoms with Gasteiger partial charge in [0.2, 0.25) is 11.8 Å². The minimum absolute atomic E-state index is 0.0677. The number of nitrogens with two attached hydrogens (primary N) is 1. The van der Waals surface area contributed by atoms with Gasteiger partial charge < -0.3 is 31.3 Å². The lowest BCUT2D eigenvalue weighted by atomic mass is 9.96. The number of anilines is 2. The third-order valence-electron chi connectivity index (χ3n) is 6.51. The van der Waals surface area contributed by atoms with Gasteiger partial charge in [-0.05, 0) is 49.8 Å². The molecule has 1 aromatic carbocycles. The van der Waals surface area contributed by atoms with Crippen LogP contribution in [-0.2, 0) is 14.3 Å². The molecule has 0 aliphatic carbocycles. The van der Waals surface area contributed by atoms with Gasteiger partial charge in [-0.15, -0.1) is 0 Å². The molecule has 4 amide bonds. The SMILES string of the molecule is COC(=O)Nc1ccc2c(c1)NC(=O)CCCCCC(C(=O)NCC1CCN(C(=N)N)CC1)NC2=O. The maximum absolute atomic E-state index is 13.1.